The first-order valence-electron chi connectivity index (χ1n) is 9.28. The van der Waals surface area contributed by atoms with Gasteiger partial charge in [0.2, 0.25) is 0 Å². The molecule has 0 bridgehead atoms. The number of carbonyl (C=O) groups is 1. The molecule has 1 amide bonds. The smallest absolute Gasteiger partial charge is 0.255 e. The van der Waals surface area contributed by atoms with Crippen LogP contribution in [0.3, 0.4) is 0 Å². The van der Waals surface area contributed by atoms with E-state index < -0.39 is 0 Å². The Balaban J connectivity index is 1.65. The summed E-state index contributed by atoms with van der Waals surface area (Å²) in [6.07, 6.45) is 3.51. The quantitative estimate of drug-likeness (QED) is 0.495. The van der Waals surface area contributed by atoms with Crippen molar-refractivity contribution in [1.82, 2.24) is 9.97 Å². The highest BCUT2D eigenvalue weighted by atomic mass is 16.5. The summed E-state index contributed by atoms with van der Waals surface area (Å²) in [5.74, 6) is 1.78. The number of aromatic nitrogens is 2. The SMILES string of the molecule is COc1ccc(C(=O)Nc2c[nH]c3ncc(-c4ccc(OC)c(OC)c4)cc23)cc1. The summed E-state index contributed by atoms with van der Waals surface area (Å²) in [5, 5.41) is 3.75. The number of nitrogens with zero attached hydrogens (tertiary/aromatic N) is 1. The molecule has 0 aliphatic heterocycles. The third-order valence-electron chi connectivity index (χ3n) is 4.85. The number of hydrogen-bond donors (Lipinski definition) is 2. The van der Waals surface area contributed by atoms with Crippen LogP contribution in [0.5, 0.6) is 17.2 Å². The molecule has 0 saturated heterocycles. The first kappa shape index (κ1) is 19.3. The number of amides is 1. The lowest BCUT2D eigenvalue weighted by Crippen LogP contribution is -2.11. The van der Waals surface area contributed by atoms with Crippen molar-refractivity contribution in [3.05, 3.63) is 66.5 Å². The Kier molecular flexibility index (Phi) is 5.26. The Labute approximate surface area is 173 Å². The van der Waals surface area contributed by atoms with Crippen LogP contribution in [0.25, 0.3) is 22.2 Å². The molecule has 0 saturated carbocycles. The Hall–Kier alpha value is -4.00. The summed E-state index contributed by atoms with van der Waals surface area (Å²) < 4.78 is 15.8. The Morgan fingerprint density at radius 1 is 0.900 bits per heavy atom. The molecule has 2 aromatic heterocycles. The molecular weight excluding hydrogens is 382 g/mol. The molecule has 2 heterocycles. The summed E-state index contributed by atoms with van der Waals surface area (Å²) in [6, 6.07) is 14.6. The van der Waals surface area contributed by atoms with Crippen LogP contribution in [-0.2, 0) is 0 Å². The van der Waals surface area contributed by atoms with Crippen molar-refractivity contribution in [2.24, 2.45) is 0 Å². The maximum Gasteiger partial charge on any atom is 0.255 e. The van der Waals surface area contributed by atoms with Gasteiger partial charge in [0.25, 0.3) is 5.91 Å². The molecule has 0 atom stereocenters. The minimum absolute atomic E-state index is 0.213. The molecule has 152 valence electrons. The number of rotatable bonds is 6. The number of carbonyl (C=O) groups excluding carboxylic acids is 1. The fourth-order valence-corrected chi connectivity index (χ4v) is 3.22. The number of fused-ring (bicyclic) bond motifs is 1. The van der Waals surface area contributed by atoms with Gasteiger partial charge in [0, 0.05) is 28.9 Å². The molecule has 4 rings (SSSR count). The van der Waals surface area contributed by atoms with Gasteiger partial charge in [-0.15, -0.1) is 0 Å². The topological polar surface area (TPSA) is 85.5 Å². The van der Waals surface area contributed by atoms with Crippen molar-refractivity contribution in [3.8, 4) is 28.4 Å². The van der Waals surface area contributed by atoms with Crippen LogP contribution in [0, 0.1) is 0 Å². The van der Waals surface area contributed by atoms with E-state index in [-0.39, 0.29) is 5.91 Å². The van der Waals surface area contributed by atoms with Crippen LogP contribution in [0.15, 0.2) is 60.9 Å². The van der Waals surface area contributed by atoms with E-state index in [0.29, 0.717) is 34.1 Å². The molecule has 0 spiro atoms. The van der Waals surface area contributed by atoms with Gasteiger partial charge in [-0.1, -0.05) is 6.07 Å². The summed E-state index contributed by atoms with van der Waals surface area (Å²) in [4.78, 5) is 20.2. The molecule has 4 aromatic rings. The third kappa shape index (κ3) is 3.65. The molecule has 0 radical (unpaired) electrons. The lowest BCUT2D eigenvalue weighted by atomic mass is 10.1. The van der Waals surface area contributed by atoms with Gasteiger partial charge >= 0.3 is 0 Å². The van der Waals surface area contributed by atoms with Crippen molar-refractivity contribution >= 4 is 22.6 Å². The first-order chi connectivity index (χ1) is 14.6. The van der Waals surface area contributed by atoms with Crippen molar-refractivity contribution in [3.63, 3.8) is 0 Å². The van der Waals surface area contributed by atoms with Gasteiger partial charge in [-0.25, -0.2) is 4.98 Å². The number of methoxy groups -OCH3 is 3. The average molecular weight is 403 g/mol. The van der Waals surface area contributed by atoms with Crippen molar-refractivity contribution in [1.29, 1.82) is 0 Å². The molecule has 7 nitrogen and oxygen atoms in total. The van der Waals surface area contributed by atoms with Gasteiger partial charge in [-0.05, 0) is 48.0 Å². The van der Waals surface area contributed by atoms with E-state index in [2.05, 4.69) is 15.3 Å². The van der Waals surface area contributed by atoms with Crippen LogP contribution in [0.1, 0.15) is 10.4 Å². The number of anilines is 1. The predicted octanol–water partition coefficient (Wildman–Crippen LogP) is 4.51. The maximum atomic E-state index is 12.6. The van der Waals surface area contributed by atoms with Crippen molar-refractivity contribution in [2.75, 3.05) is 26.6 Å². The average Bonchev–Trinajstić information content (AvgIpc) is 3.20. The van der Waals surface area contributed by atoms with Gasteiger partial charge in [0.1, 0.15) is 11.4 Å². The number of nitrogens with one attached hydrogen (secondary N) is 2. The van der Waals surface area contributed by atoms with Gasteiger partial charge < -0.3 is 24.5 Å². The Morgan fingerprint density at radius 3 is 2.37 bits per heavy atom. The van der Waals surface area contributed by atoms with E-state index in [1.165, 1.54) is 0 Å². The molecule has 0 aliphatic carbocycles. The zero-order valence-electron chi connectivity index (χ0n) is 16.9. The van der Waals surface area contributed by atoms with E-state index in [1.54, 1.807) is 58.0 Å². The first-order valence-corrected chi connectivity index (χ1v) is 9.28. The number of H-pyrrole nitrogens is 1. The van der Waals surface area contributed by atoms with E-state index in [4.69, 9.17) is 14.2 Å². The van der Waals surface area contributed by atoms with Crippen LogP contribution in [-0.4, -0.2) is 37.2 Å². The van der Waals surface area contributed by atoms with Gasteiger partial charge in [-0.2, -0.15) is 0 Å². The fraction of sp³-hybridized carbons (Fsp3) is 0.130. The summed E-state index contributed by atoms with van der Waals surface area (Å²) in [6.45, 7) is 0. The highest BCUT2D eigenvalue weighted by Gasteiger charge is 2.13. The zero-order valence-corrected chi connectivity index (χ0v) is 16.9. The second kappa shape index (κ2) is 8.16. The molecule has 0 unspecified atom stereocenters. The Morgan fingerprint density at radius 2 is 1.67 bits per heavy atom. The summed E-state index contributed by atoms with van der Waals surface area (Å²) in [7, 11) is 4.79. The molecule has 7 heteroatoms. The van der Waals surface area contributed by atoms with E-state index in [0.717, 1.165) is 16.5 Å². The minimum Gasteiger partial charge on any atom is -0.497 e. The monoisotopic (exact) mass is 403 g/mol. The highest BCUT2D eigenvalue weighted by Crippen LogP contribution is 2.34. The number of benzene rings is 2. The number of ether oxygens (including phenoxy) is 3. The van der Waals surface area contributed by atoms with Crippen LogP contribution in [0.2, 0.25) is 0 Å². The van der Waals surface area contributed by atoms with Gasteiger partial charge in [0.15, 0.2) is 11.5 Å². The van der Waals surface area contributed by atoms with Gasteiger partial charge in [-0.3, -0.25) is 4.79 Å². The van der Waals surface area contributed by atoms with Crippen molar-refractivity contribution < 1.29 is 19.0 Å². The van der Waals surface area contributed by atoms with E-state index in [9.17, 15) is 4.79 Å². The van der Waals surface area contributed by atoms with Crippen LogP contribution < -0.4 is 19.5 Å². The molecule has 30 heavy (non-hydrogen) atoms. The largest absolute Gasteiger partial charge is 0.497 e. The molecule has 0 fully saturated rings. The fourth-order valence-electron chi connectivity index (χ4n) is 3.22. The second-order valence-corrected chi connectivity index (χ2v) is 6.57. The zero-order chi connectivity index (χ0) is 21.1. The summed E-state index contributed by atoms with van der Waals surface area (Å²) in [5.41, 5.74) is 3.69. The standard InChI is InChI=1S/C23H21N3O4/c1-28-17-7-4-14(5-8-17)23(27)26-19-13-25-22-18(19)10-16(12-24-22)15-6-9-20(29-2)21(11-15)30-3/h4-13H,1-3H3,(H,24,25)(H,26,27). The lowest BCUT2D eigenvalue weighted by Gasteiger charge is -2.10. The second-order valence-electron chi connectivity index (χ2n) is 6.57. The number of hydrogen-bond acceptors (Lipinski definition) is 5. The molecule has 0 aliphatic rings. The van der Waals surface area contributed by atoms with Crippen LogP contribution in [0.4, 0.5) is 5.69 Å². The number of pyridine rings is 1. The van der Waals surface area contributed by atoms with E-state index in [1.807, 2.05) is 24.3 Å². The lowest BCUT2D eigenvalue weighted by molar-refractivity contribution is 0.102. The minimum atomic E-state index is -0.213. The van der Waals surface area contributed by atoms with Gasteiger partial charge in [0.05, 0.1) is 27.0 Å². The maximum absolute atomic E-state index is 12.6. The van der Waals surface area contributed by atoms with E-state index >= 15 is 0 Å². The third-order valence-corrected chi connectivity index (χ3v) is 4.85. The Bertz CT molecular complexity index is 1200. The predicted molar refractivity (Wildman–Crippen MR) is 116 cm³/mol. The summed E-state index contributed by atoms with van der Waals surface area (Å²) >= 11 is 0. The molecule has 2 aromatic carbocycles. The van der Waals surface area contributed by atoms with Crippen LogP contribution >= 0.6 is 0 Å². The molecular formula is C23H21N3O4. The number of aromatic amines is 1. The molecule has 2 N–H and O–H groups in total. The normalized spacial score (nSPS) is 10.6. The van der Waals surface area contributed by atoms with Crippen molar-refractivity contribution in [2.45, 2.75) is 0 Å². The highest BCUT2D eigenvalue weighted by molar-refractivity contribution is 6.09.